The number of likely N-dealkylation sites (tertiary alicyclic amines) is 1. The smallest absolute Gasteiger partial charge is 0.254 e. The van der Waals surface area contributed by atoms with Gasteiger partial charge in [0, 0.05) is 49.7 Å². The van der Waals surface area contributed by atoms with Crippen LogP contribution >= 0.6 is 0 Å². The summed E-state index contributed by atoms with van der Waals surface area (Å²) in [4.78, 5) is 33.2. The van der Waals surface area contributed by atoms with Crippen molar-refractivity contribution in [2.45, 2.75) is 12.8 Å². The quantitative estimate of drug-likeness (QED) is 0.818. The number of rotatable bonds is 4. The highest BCUT2D eigenvalue weighted by Crippen LogP contribution is 2.22. The van der Waals surface area contributed by atoms with Crippen LogP contribution in [0.3, 0.4) is 0 Å². The lowest BCUT2D eigenvalue weighted by Crippen LogP contribution is -2.40. The lowest BCUT2D eigenvalue weighted by molar-refractivity contribution is 0.0303. The van der Waals surface area contributed by atoms with Crippen molar-refractivity contribution in [2.24, 2.45) is 5.92 Å². The Morgan fingerprint density at radius 3 is 2.29 bits per heavy atom. The first kappa shape index (κ1) is 18.6. The average Bonchev–Trinajstić information content (AvgIpc) is 3.22. The Balaban J connectivity index is 1.35. The first-order chi connectivity index (χ1) is 13.7. The molecule has 2 saturated heterocycles. The summed E-state index contributed by atoms with van der Waals surface area (Å²) in [6.07, 6.45) is 5.63. The number of carbonyl (C=O) groups excluding carboxylic acids is 2. The highest BCUT2D eigenvalue weighted by Gasteiger charge is 2.27. The van der Waals surface area contributed by atoms with E-state index >= 15 is 0 Å². The zero-order valence-electron chi connectivity index (χ0n) is 15.9. The normalized spacial score (nSPS) is 19.6. The van der Waals surface area contributed by atoms with E-state index in [9.17, 15) is 9.59 Å². The van der Waals surface area contributed by atoms with Crippen molar-refractivity contribution in [2.75, 3.05) is 39.4 Å². The lowest BCUT2D eigenvalue weighted by atomic mass is 10.00. The second-order valence-electron chi connectivity index (χ2n) is 7.45. The first-order valence-electron chi connectivity index (χ1n) is 9.86. The second kappa shape index (κ2) is 8.52. The van der Waals surface area contributed by atoms with E-state index in [0.717, 1.165) is 25.9 Å². The zero-order valence-corrected chi connectivity index (χ0v) is 15.9. The second-order valence-corrected chi connectivity index (χ2v) is 7.45. The van der Waals surface area contributed by atoms with Crippen LogP contribution < -0.4 is 0 Å². The molecule has 2 amide bonds. The molecule has 6 nitrogen and oxygen atoms in total. The van der Waals surface area contributed by atoms with Crippen molar-refractivity contribution in [3.05, 3.63) is 65.5 Å². The van der Waals surface area contributed by atoms with Crippen LogP contribution in [-0.4, -0.2) is 66.0 Å². The number of benzene rings is 1. The molecule has 0 bridgehead atoms. The Morgan fingerprint density at radius 1 is 0.964 bits per heavy atom. The summed E-state index contributed by atoms with van der Waals surface area (Å²) in [6, 6.07) is 11.1. The van der Waals surface area contributed by atoms with Crippen molar-refractivity contribution < 1.29 is 14.3 Å². The van der Waals surface area contributed by atoms with Gasteiger partial charge in [-0.2, -0.15) is 0 Å². The number of hydrogen-bond acceptors (Lipinski definition) is 4. The molecule has 1 unspecified atom stereocenters. The molecule has 3 heterocycles. The predicted molar refractivity (Wildman–Crippen MR) is 105 cm³/mol. The van der Waals surface area contributed by atoms with E-state index in [0.29, 0.717) is 43.3 Å². The third-order valence-corrected chi connectivity index (χ3v) is 5.50. The number of ether oxygens (including phenoxy) is 1. The molecule has 6 heteroatoms. The van der Waals surface area contributed by atoms with E-state index in [1.165, 1.54) is 5.56 Å². The van der Waals surface area contributed by atoms with E-state index in [2.05, 4.69) is 11.1 Å². The third-order valence-electron chi connectivity index (χ3n) is 5.50. The van der Waals surface area contributed by atoms with Crippen LogP contribution in [0.2, 0.25) is 0 Å². The number of nitrogens with zero attached hydrogens (tertiary/aromatic N) is 3. The van der Waals surface area contributed by atoms with Gasteiger partial charge in [0.1, 0.15) is 0 Å². The summed E-state index contributed by atoms with van der Waals surface area (Å²) >= 11 is 0. The number of aromatic nitrogens is 1. The van der Waals surface area contributed by atoms with Crippen molar-refractivity contribution in [1.29, 1.82) is 0 Å². The molecule has 4 rings (SSSR count). The molecular formula is C22H25N3O3. The average molecular weight is 379 g/mol. The van der Waals surface area contributed by atoms with E-state index in [1.54, 1.807) is 35.4 Å². The van der Waals surface area contributed by atoms with E-state index < -0.39 is 0 Å². The highest BCUT2D eigenvalue weighted by atomic mass is 16.5. The van der Waals surface area contributed by atoms with Gasteiger partial charge in [-0.15, -0.1) is 0 Å². The van der Waals surface area contributed by atoms with Crippen molar-refractivity contribution in [3.63, 3.8) is 0 Å². The van der Waals surface area contributed by atoms with Gasteiger partial charge in [-0.05, 0) is 54.7 Å². The largest absolute Gasteiger partial charge is 0.378 e. The Morgan fingerprint density at radius 2 is 1.64 bits per heavy atom. The summed E-state index contributed by atoms with van der Waals surface area (Å²) in [5.41, 5.74) is 2.47. The molecule has 2 fully saturated rings. The lowest BCUT2D eigenvalue weighted by Gasteiger charge is -2.27. The summed E-state index contributed by atoms with van der Waals surface area (Å²) < 4.78 is 5.29. The molecule has 2 aliphatic heterocycles. The molecule has 0 N–H and O–H groups in total. The summed E-state index contributed by atoms with van der Waals surface area (Å²) in [6.45, 7) is 3.94. The van der Waals surface area contributed by atoms with Gasteiger partial charge in [0.15, 0.2) is 0 Å². The highest BCUT2D eigenvalue weighted by molar-refractivity contribution is 5.98. The standard InChI is InChI=1S/C22H25N3O3/c26-21(24-10-12-28-13-11-24)19-3-5-20(6-4-19)22(27)25-9-7-18(16-25)14-17-2-1-8-23-15-17/h1-6,8,15,18H,7,9-14,16H2. The van der Waals surface area contributed by atoms with Crippen molar-refractivity contribution in [1.82, 2.24) is 14.8 Å². The molecule has 0 saturated carbocycles. The van der Waals surface area contributed by atoms with Gasteiger partial charge < -0.3 is 14.5 Å². The number of hydrogen-bond donors (Lipinski definition) is 0. The summed E-state index contributed by atoms with van der Waals surface area (Å²) in [5.74, 6) is 0.509. The van der Waals surface area contributed by atoms with Crippen molar-refractivity contribution >= 4 is 11.8 Å². The fourth-order valence-electron chi connectivity index (χ4n) is 3.92. The molecule has 2 aromatic rings. The van der Waals surface area contributed by atoms with Gasteiger partial charge in [-0.3, -0.25) is 14.6 Å². The van der Waals surface area contributed by atoms with Gasteiger partial charge >= 0.3 is 0 Å². The van der Waals surface area contributed by atoms with E-state index in [1.807, 2.05) is 17.2 Å². The van der Waals surface area contributed by atoms with Gasteiger partial charge in [-0.25, -0.2) is 0 Å². The minimum absolute atomic E-state index is 0.00000563. The maximum Gasteiger partial charge on any atom is 0.254 e. The fourth-order valence-corrected chi connectivity index (χ4v) is 3.92. The summed E-state index contributed by atoms with van der Waals surface area (Å²) in [7, 11) is 0. The van der Waals surface area contributed by atoms with Crippen LogP contribution in [0, 0.1) is 5.92 Å². The first-order valence-corrected chi connectivity index (χ1v) is 9.86. The Labute approximate surface area is 165 Å². The number of amides is 2. The molecule has 2 aliphatic rings. The van der Waals surface area contributed by atoms with Crippen LogP contribution in [0.5, 0.6) is 0 Å². The monoisotopic (exact) mass is 379 g/mol. The van der Waals surface area contributed by atoms with Gasteiger partial charge in [0.05, 0.1) is 13.2 Å². The third kappa shape index (κ3) is 4.22. The van der Waals surface area contributed by atoms with E-state index in [-0.39, 0.29) is 11.8 Å². The Hall–Kier alpha value is -2.73. The molecular weight excluding hydrogens is 354 g/mol. The SMILES string of the molecule is O=C(c1ccc(C(=O)N2CCC(Cc3cccnc3)C2)cc1)N1CCOCC1. The molecule has 0 aliphatic carbocycles. The summed E-state index contributed by atoms with van der Waals surface area (Å²) in [5, 5.41) is 0. The number of carbonyl (C=O) groups is 2. The molecule has 1 aromatic heterocycles. The van der Waals surface area contributed by atoms with Gasteiger partial charge in [0.25, 0.3) is 11.8 Å². The minimum Gasteiger partial charge on any atom is -0.378 e. The van der Waals surface area contributed by atoms with Gasteiger partial charge in [-0.1, -0.05) is 6.07 Å². The maximum atomic E-state index is 12.8. The maximum absolute atomic E-state index is 12.8. The molecule has 28 heavy (non-hydrogen) atoms. The molecule has 0 radical (unpaired) electrons. The van der Waals surface area contributed by atoms with Crippen molar-refractivity contribution in [3.8, 4) is 0 Å². The van der Waals surface area contributed by atoms with Crippen LogP contribution in [0.25, 0.3) is 0 Å². The number of morpholine rings is 1. The van der Waals surface area contributed by atoms with Crippen LogP contribution in [0.4, 0.5) is 0 Å². The topological polar surface area (TPSA) is 62.7 Å². The molecule has 1 aromatic carbocycles. The Kier molecular flexibility index (Phi) is 5.67. The van der Waals surface area contributed by atoms with Crippen LogP contribution in [0.15, 0.2) is 48.8 Å². The van der Waals surface area contributed by atoms with Gasteiger partial charge in [0.2, 0.25) is 0 Å². The van der Waals surface area contributed by atoms with E-state index in [4.69, 9.17) is 4.74 Å². The minimum atomic E-state index is 0.00000563. The number of pyridine rings is 1. The van der Waals surface area contributed by atoms with Crippen LogP contribution in [-0.2, 0) is 11.2 Å². The molecule has 1 atom stereocenters. The predicted octanol–water partition coefficient (Wildman–Crippen LogP) is 2.26. The zero-order chi connectivity index (χ0) is 19.3. The molecule has 146 valence electrons. The fraction of sp³-hybridized carbons (Fsp3) is 0.409. The molecule has 0 spiro atoms. The Bertz CT molecular complexity index is 817. The van der Waals surface area contributed by atoms with Crippen LogP contribution in [0.1, 0.15) is 32.7 Å².